The van der Waals surface area contributed by atoms with Crippen LogP contribution in [0.25, 0.3) is 0 Å². The summed E-state index contributed by atoms with van der Waals surface area (Å²) < 4.78 is 0. The molecule has 0 radical (unpaired) electrons. The van der Waals surface area contributed by atoms with Crippen molar-refractivity contribution in [3.63, 3.8) is 0 Å². The van der Waals surface area contributed by atoms with Gasteiger partial charge in [0.1, 0.15) is 5.82 Å². The van der Waals surface area contributed by atoms with Crippen LogP contribution >= 0.6 is 11.3 Å². The minimum absolute atomic E-state index is 0.671. The highest BCUT2D eigenvalue weighted by Gasteiger charge is 1.95. The van der Waals surface area contributed by atoms with Gasteiger partial charge in [0.15, 0.2) is 0 Å². The topological polar surface area (TPSA) is 63.8 Å². The molecule has 2 aromatic heterocycles. The van der Waals surface area contributed by atoms with Crippen LogP contribution in [0.1, 0.15) is 5.69 Å². The number of nitrogens with zero attached hydrogens (tertiary/aromatic N) is 2. The Bertz CT molecular complexity index is 382. The molecule has 0 saturated heterocycles. The summed E-state index contributed by atoms with van der Waals surface area (Å²) >= 11 is 1.59. The first kappa shape index (κ1) is 8.96. The lowest BCUT2D eigenvalue weighted by Gasteiger charge is -2.02. The van der Waals surface area contributed by atoms with E-state index in [1.54, 1.807) is 17.5 Å². The van der Waals surface area contributed by atoms with Crippen molar-refractivity contribution in [3.8, 4) is 0 Å². The van der Waals surface area contributed by atoms with E-state index in [0.29, 0.717) is 12.2 Å². The van der Waals surface area contributed by atoms with E-state index in [9.17, 15) is 0 Å². The number of nitrogens with one attached hydrogen (secondary N) is 1. The standard InChI is InChI=1S/C9H10N4S/c10-7-1-2-9(11-3-7)12-4-8-5-14-6-13-8/h1-3,5-6H,4,10H2,(H,11,12). The van der Waals surface area contributed by atoms with Crippen LogP contribution in [0.2, 0.25) is 0 Å². The molecule has 0 fully saturated rings. The molecular formula is C9H10N4S. The number of hydrogen-bond donors (Lipinski definition) is 2. The molecule has 0 aliphatic heterocycles. The van der Waals surface area contributed by atoms with Gasteiger partial charge in [-0.1, -0.05) is 0 Å². The first-order chi connectivity index (χ1) is 6.84. The zero-order chi connectivity index (χ0) is 9.80. The maximum atomic E-state index is 5.52. The molecule has 3 N–H and O–H groups in total. The second-order valence-corrected chi connectivity index (χ2v) is 3.53. The third-order valence-electron chi connectivity index (χ3n) is 1.72. The number of aromatic nitrogens is 2. The fraction of sp³-hybridized carbons (Fsp3) is 0.111. The number of rotatable bonds is 3. The van der Waals surface area contributed by atoms with E-state index in [1.165, 1.54) is 0 Å². The summed E-state index contributed by atoms with van der Waals surface area (Å²) in [5.74, 6) is 0.812. The van der Waals surface area contributed by atoms with Gasteiger partial charge in [-0.3, -0.25) is 0 Å². The fourth-order valence-electron chi connectivity index (χ4n) is 1.02. The van der Waals surface area contributed by atoms with Gasteiger partial charge in [-0.15, -0.1) is 11.3 Å². The van der Waals surface area contributed by atoms with Crippen molar-refractivity contribution in [3.05, 3.63) is 34.9 Å². The Morgan fingerprint density at radius 3 is 2.93 bits per heavy atom. The summed E-state index contributed by atoms with van der Waals surface area (Å²) in [6, 6.07) is 3.66. The third-order valence-corrected chi connectivity index (χ3v) is 2.36. The molecule has 0 aliphatic carbocycles. The van der Waals surface area contributed by atoms with Gasteiger partial charge in [-0.25, -0.2) is 9.97 Å². The smallest absolute Gasteiger partial charge is 0.126 e. The highest BCUT2D eigenvalue weighted by atomic mass is 32.1. The number of anilines is 2. The lowest BCUT2D eigenvalue weighted by Crippen LogP contribution is -2.01. The maximum Gasteiger partial charge on any atom is 0.126 e. The minimum atomic E-state index is 0.671. The molecule has 0 saturated carbocycles. The minimum Gasteiger partial charge on any atom is -0.397 e. The Balaban J connectivity index is 1.95. The molecule has 0 aromatic carbocycles. The van der Waals surface area contributed by atoms with Gasteiger partial charge in [0.25, 0.3) is 0 Å². The summed E-state index contributed by atoms with van der Waals surface area (Å²) in [7, 11) is 0. The predicted octanol–water partition coefficient (Wildman–Crippen LogP) is 1.73. The SMILES string of the molecule is Nc1ccc(NCc2cscn2)nc1. The number of thiazole rings is 1. The third kappa shape index (κ3) is 2.20. The van der Waals surface area contributed by atoms with Crippen molar-refractivity contribution < 1.29 is 0 Å². The molecule has 72 valence electrons. The zero-order valence-corrected chi connectivity index (χ0v) is 8.29. The van der Waals surface area contributed by atoms with Crippen LogP contribution in [0, 0.1) is 0 Å². The molecule has 2 heterocycles. The molecule has 0 atom stereocenters. The number of pyridine rings is 1. The summed E-state index contributed by atoms with van der Waals surface area (Å²) in [6.45, 7) is 0.695. The van der Waals surface area contributed by atoms with E-state index < -0.39 is 0 Å². The molecule has 0 unspecified atom stereocenters. The monoisotopic (exact) mass is 206 g/mol. The highest BCUT2D eigenvalue weighted by Crippen LogP contribution is 2.08. The van der Waals surface area contributed by atoms with Gasteiger partial charge in [-0.2, -0.15) is 0 Å². The average Bonchev–Trinajstić information content (AvgIpc) is 2.70. The molecule has 14 heavy (non-hydrogen) atoms. The van der Waals surface area contributed by atoms with Crippen molar-refractivity contribution in [2.75, 3.05) is 11.1 Å². The summed E-state index contributed by atoms with van der Waals surface area (Å²) in [5, 5.41) is 5.16. The van der Waals surface area contributed by atoms with Crippen LogP contribution in [0.15, 0.2) is 29.2 Å². The molecule has 2 aromatic rings. The number of nitrogens with two attached hydrogens (primary N) is 1. The van der Waals surface area contributed by atoms with Crippen LogP contribution in [0.3, 0.4) is 0 Å². The molecule has 0 spiro atoms. The number of nitrogen functional groups attached to an aromatic ring is 1. The molecular weight excluding hydrogens is 196 g/mol. The van der Waals surface area contributed by atoms with E-state index in [1.807, 2.05) is 23.0 Å². The van der Waals surface area contributed by atoms with Gasteiger partial charge < -0.3 is 11.1 Å². The van der Waals surface area contributed by atoms with E-state index in [-0.39, 0.29) is 0 Å². The van der Waals surface area contributed by atoms with Gasteiger partial charge in [-0.05, 0) is 12.1 Å². The molecule has 5 heteroatoms. The van der Waals surface area contributed by atoms with Crippen molar-refractivity contribution in [1.82, 2.24) is 9.97 Å². The van der Waals surface area contributed by atoms with Gasteiger partial charge >= 0.3 is 0 Å². The lowest BCUT2D eigenvalue weighted by molar-refractivity contribution is 1.05. The van der Waals surface area contributed by atoms with E-state index in [2.05, 4.69) is 15.3 Å². The first-order valence-corrected chi connectivity index (χ1v) is 5.11. The second-order valence-electron chi connectivity index (χ2n) is 2.81. The maximum absolute atomic E-state index is 5.52. The van der Waals surface area contributed by atoms with E-state index in [4.69, 9.17) is 5.73 Å². The first-order valence-electron chi connectivity index (χ1n) is 4.17. The van der Waals surface area contributed by atoms with Crippen molar-refractivity contribution in [1.29, 1.82) is 0 Å². The fourth-order valence-corrected chi connectivity index (χ4v) is 1.57. The zero-order valence-electron chi connectivity index (χ0n) is 7.47. The Kier molecular flexibility index (Phi) is 2.60. The van der Waals surface area contributed by atoms with Crippen molar-refractivity contribution in [2.24, 2.45) is 0 Å². The Hall–Kier alpha value is -1.62. The molecule has 0 amide bonds. The second kappa shape index (κ2) is 4.06. The largest absolute Gasteiger partial charge is 0.397 e. The van der Waals surface area contributed by atoms with E-state index in [0.717, 1.165) is 11.5 Å². The van der Waals surface area contributed by atoms with Gasteiger partial charge in [0, 0.05) is 5.38 Å². The van der Waals surface area contributed by atoms with Crippen LogP contribution in [0.4, 0.5) is 11.5 Å². The van der Waals surface area contributed by atoms with Crippen LogP contribution in [0.5, 0.6) is 0 Å². The summed E-state index contributed by atoms with van der Waals surface area (Å²) in [6.07, 6.45) is 1.63. The lowest BCUT2D eigenvalue weighted by atomic mass is 10.4. The molecule has 0 aliphatic rings. The molecule has 2 rings (SSSR count). The number of hydrogen-bond acceptors (Lipinski definition) is 5. The van der Waals surface area contributed by atoms with Gasteiger partial charge in [0.2, 0.25) is 0 Å². The highest BCUT2D eigenvalue weighted by molar-refractivity contribution is 7.07. The van der Waals surface area contributed by atoms with Crippen molar-refractivity contribution in [2.45, 2.75) is 6.54 Å². The van der Waals surface area contributed by atoms with Crippen LogP contribution in [-0.2, 0) is 6.54 Å². The quantitative estimate of drug-likeness (QED) is 0.802. The van der Waals surface area contributed by atoms with Crippen LogP contribution in [-0.4, -0.2) is 9.97 Å². The Morgan fingerprint density at radius 1 is 1.36 bits per heavy atom. The van der Waals surface area contributed by atoms with Gasteiger partial charge in [0.05, 0.1) is 29.6 Å². The van der Waals surface area contributed by atoms with Crippen molar-refractivity contribution >= 4 is 22.8 Å². The average molecular weight is 206 g/mol. The normalized spacial score (nSPS) is 10.0. The predicted molar refractivity (Wildman–Crippen MR) is 58.1 cm³/mol. The molecule has 4 nitrogen and oxygen atoms in total. The van der Waals surface area contributed by atoms with E-state index >= 15 is 0 Å². The Labute approximate surface area is 85.8 Å². The Morgan fingerprint density at radius 2 is 2.29 bits per heavy atom. The summed E-state index contributed by atoms with van der Waals surface area (Å²) in [4.78, 5) is 8.27. The van der Waals surface area contributed by atoms with Crippen LogP contribution < -0.4 is 11.1 Å². The molecule has 0 bridgehead atoms. The summed E-state index contributed by atoms with van der Waals surface area (Å²) in [5.41, 5.74) is 9.02.